The number of benzene rings is 1. The van der Waals surface area contributed by atoms with Gasteiger partial charge >= 0.3 is 0 Å². The highest BCUT2D eigenvalue weighted by Gasteiger charge is 2.33. The van der Waals surface area contributed by atoms with Crippen LogP contribution in [-0.4, -0.2) is 48.9 Å². The van der Waals surface area contributed by atoms with Gasteiger partial charge < -0.3 is 15.5 Å². The number of nitrogens with zero attached hydrogens (tertiary/aromatic N) is 2. The van der Waals surface area contributed by atoms with Crippen LogP contribution in [0.25, 0.3) is 0 Å². The summed E-state index contributed by atoms with van der Waals surface area (Å²) < 4.78 is 13.1. The molecule has 104 valence electrons. The van der Waals surface area contributed by atoms with E-state index in [2.05, 4.69) is 11.8 Å². The SMILES string of the molecule is CC1CN(C(=O)c2ccc(F)c(N)c2)CC1N(C)C. The van der Waals surface area contributed by atoms with Gasteiger partial charge in [0, 0.05) is 24.7 Å². The van der Waals surface area contributed by atoms with E-state index in [9.17, 15) is 9.18 Å². The van der Waals surface area contributed by atoms with Crippen molar-refractivity contribution >= 4 is 11.6 Å². The van der Waals surface area contributed by atoms with Gasteiger partial charge in [0.2, 0.25) is 0 Å². The topological polar surface area (TPSA) is 49.6 Å². The first-order valence-corrected chi connectivity index (χ1v) is 6.41. The molecule has 1 aliphatic heterocycles. The van der Waals surface area contributed by atoms with Crippen molar-refractivity contribution < 1.29 is 9.18 Å². The van der Waals surface area contributed by atoms with Crippen LogP contribution in [0.4, 0.5) is 10.1 Å². The van der Waals surface area contributed by atoms with Gasteiger partial charge in [0.05, 0.1) is 5.69 Å². The van der Waals surface area contributed by atoms with Crippen molar-refractivity contribution in [3.05, 3.63) is 29.6 Å². The average molecular weight is 265 g/mol. The number of likely N-dealkylation sites (N-methyl/N-ethyl adjacent to an activating group) is 1. The van der Waals surface area contributed by atoms with E-state index < -0.39 is 5.82 Å². The molecule has 5 heteroatoms. The predicted octanol–water partition coefficient (Wildman–Crippen LogP) is 1.43. The number of nitrogens with two attached hydrogens (primary N) is 1. The number of carbonyl (C=O) groups is 1. The third kappa shape index (κ3) is 2.71. The van der Waals surface area contributed by atoms with Gasteiger partial charge in [-0.05, 0) is 38.2 Å². The van der Waals surface area contributed by atoms with E-state index in [0.29, 0.717) is 24.1 Å². The van der Waals surface area contributed by atoms with Gasteiger partial charge in [0.15, 0.2) is 0 Å². The molecule has 2 rings (SSSR count). The smallest absolute Gasteiger partial charge is 0.253 e. The Bertz CT molecular complexity index is 490. The lowest BCUT2D eigenvalue weighted by Gasteiger charge is -2.22. The highest BCUT2D eigenvalue weighted by molar-refractivity contribution is 5.95. The number of likely N-dealkylation sites (tertiary alicyclic amines) is 1. The Morgan fingerprint density at radius 3 is 2.63 bits per heavy atom. The normalized spacial score (nSPS) is 23.1. The van der Waals surface area contributed by atoms with E-state index in [1.54, 1.807) is 0 Å². The highest BCUT2D eigenvalue weighted by atomic mass is 19.1. The summed E-state index contributed by atoms with van der Waals surface area (Å²) in [5, 5.41) is 0. The molecule has 2 N–H and O–H groups in total. The van der Waals surface area contributed by atoms with Gasteiger partial charge in [-0.1, -0.05) is 6.92 Å². The summed E-state index contributed by atoms with van der Waals surface area (Å²) in [7, 11) is 4.04. The van der Waals surface area contributed by atoms with E-state index >= 15 is 0 Å². The number of hydrogen-bond acceptors (Lipinski definition) is 3. The number of amides is 1. The fraction of sp³-hybridized carbons (Fsp3) is 0.500. The molecule has 1 aromatic rings. The van der Waals surface area contributed by atoms with Gasteiger partial charge in [0.25, 0.3) is 5.91 Å². The lowest BCUT2D eigenvalue weighted by atomic mass is 10.1. The summed E-state index contributed by atoms with van der Waals surface area (Å²) >= 11 is 0. The van der Waals surface area contributed by atoms with E-state index in [4.69, 9.17) is 5.73 Å². The molecule has 1 aromatic carbocycles. The molecule has 0 spiro atoms. The Hall–Kier alpha value is -1.62. The van der Waals surface area contributed by atoms with Crippen LogP contribution in [0.2, 0.25) is 0 Å². The van der Waals surface area contributed by atoms with Crippen LogP contribution in [0.15, 0.2) is 18.2 Å². The third-order valence-electron chi connectivity index (χ3n) is 3.77. The van der Waals surface area contributed by atoms with Crippen molar-refractivity contribution in [2.75, 3.05) is 32.9 Å². The standard InChI is InChI=1S/C14H20FN3O/c1-9-7-18(8-13(9)17(2)3)14(19)10-4-5-11(15)12(16)6-10/h4-6,9,13H,7-8,16H2,1-3H3. The van der Waals surface area contributed by atoms with Crippen LogP contribution in [0.3, 0.4) is 0 Å². The molecule has 1 fully saturated rings. The maximum Gasteiger partial charge on any atom is 0.253 e. The van der Waals surface area contributed by atoms with Crippen LogP contribution in [0.1, 0.15) is 17.3 Å². The summed E-state index contributed by atoms with van der Waals surface area (Å²) in [6.07, 6.45) is 0. The minimum atomic E-state index is -0.488. The van der Waals surface area contributed by atoms with Gasteiger partial charge in [-0.25, -0.2) is 4.39 Å². The zero-order valence-electron chi connectivity index (χ0n) is 11.6. The van der Waals surface area contributed by atoms with Gasteiger partial charge in [-0.15, -0.1) is 0 Å². The summed E-state index contributed by atoms with van der Waals surface area (Å²) in [6.45, 7) is 3.56. The predicted molar refractivity (Wildman–Crippen MR) is 73.4 cm³/mol. The molecule has 1 aliphatic rings. The Labute approximate surface area is 113 Å². The maximum atomic E-state index is 13.1. The Morgan fingerprint density at radius 2 is 2.11 bits per heavy atom. The first-order chi connectivity index (χ1) is 8.90. The molecule has 0 aliphatic carbocycles. The fourth-order valence-electron chi connectivity index (χ4n) is 2.65. The monoisotopic (exact) mass is 265 g/mol. The van der Waals surface area contributed by atoms with Crippen LogP contribution >= 0.6 is 0 Å². The second-order valence-corrected chi connectivity index (χ2v) is 5.45. The molecular weight excluding hydrogens is 245 g/mol. The lowest BCUT2D eigenvalue weighted by Crippen LogP contribution is -2.35. The number of carbonyl (C=O) groups excluding carboxylic acids is 1. The van der Waals surface area contributed by atoms with Crippen LogP contribution in [0.5, 0.6) is 0 Å². The van der Waals surface area contributed by atoms with Gasteiger partial charge in [0.1, 0.15) is 5.82 Å². The van der Waals surface area contributed by atoms with Crippen molar-refractivity contribution in [3.8, 4) is 0 Å². The minimum Gasteiger partial charge on any atom is -0.396 e. The van der Waals surface area contributed by atoms with Crippen LogP contribution in [0, 0.1) is 11.7 Å². The maximum absolute atomic E-state index is 13.1. The van der Waals surface area contributed by atoms with Gasteiger partial charge in [-0.2, -0.15) is 0 Å². The fourth-order valence-corrected chi connectivity index (χ4v) is 2.65. The van der Waals surface area contributed by atoms with E-state index in [1.807, 2.05) is 19.0 Å². The number of nitrogen functional groups attached to an aromatic ring is 1. The molecule has 0 saturated carbocycles. The Kier molecular flexibility index (Phi) is 3.75. The molecule has 0 bridgehead atoms. The van der Waals surface area contributed by atoms with E-state index in [1.165, 1.54) is 18.2 Å². The molecule has 2 atom stereocenters. The second kappa shape index (κ2) is 5.17. The first-order valence-electron chi connectivity index (χ1n) is 6.41. The minimum absolute atomic E-state index is 0.0160. The Morgan fingerprint density at radius 1 is 1.42 bits per heavy atom. The van der Waals surface area contributed by atoms with Crippen LogP contribution < -0.4 is 5.73 Å². The van der Waals surface area contributed by atoms with Gasteiger partial charge in [-0.3, -0.25) is 4.79 Å². The Balaban J connectivity index is 2.15. The summed E-state index contributed by atoms with van der Waals surface area (Å²) in [6, 6.07) is 4.50. The highest BCUT2D eigenvalue weighted by Crippen LogP contribution is 2.23. The molecule has 0 aromatic heterocycles. The van der Waals surface area contributed by atoms with E-state index in [-0.39, 0.29) is 11.6 Å². The van der Waals surface area contributed by atoms with Crippen molar-refractivity contribution in [3.63, 3.8) is 0 Å². The quantitative estimate of drug-likeness (QED) is 0.823. The second-order valence-electron chi connectivity index (χ2n) is 5.45. The number of anilines is 1. The molecule has 1 heterocycles. The molecule has 2 unspecified atom stereocenters. The van der Waals surface area contributed by atoms with Crippen molar-refractivity contribution in [1.82, 2.24) is 9.80 Å². The van der Waals surface area contributed by atoms with Crippen LogP contribution in [-0.2, 0) is 0 Å². The van der Waals surface area contributed by atoms with Crippen molar-refractivity contribution in [2.45, 2.75) is 13.0 Å². The molecular formula is C14H20FN3O. The molecule has 1 amide bonds. The summed E-state index contributed by atoms with van der Waals surface area (Å²) in [5.41, 5.74) is 5.97. The molecule has 0 radical (unpaired) electrons. The van der Waals surface area contributed by atoms with Crippen molar-refractivity contribution in [1.29, 1.82) is 0 Å². The number of hydrogen-bond donors (Lipinski definition) is 1. The number of rotatable bonds is 2. The average Bonchev–Trinajstić information content (AvgIpc) is 2.74. The number of halogens is 1. The summed E-state index contributed by atoms with van der Waals surface area (Å²) in [4.78, 5) is 16.3. The van der Waals surface area contributed by atoms with E-state index in [0.717, 1.165) is 6.54 Å². The summed E-state index contributed by atoms with van der Waals surface area (Å²) in [5.74, 6) is -0.142. The lowest BCUT2D eigenvalue weighted by molar-refractivity contribution is 0.0781. The van der Waals surface area contributed by atoms with Crippen molar-refractivity contribution in [2.24, 2.45) is 5.92 Å². The largest absolute Gasteiger partial charge is 0.396 e. The molecule has 4 nitrogen and oxygen atoms in total. The molecule has 19 heavy (non-hydrogen) atoms. The third-order valence-corrected chi connectivity index (χ3v) is 3.77. The zero-order chi connectivity index (χ0) is 14.2. The first kappa shape index (κ1) is 13.8. The molecule has 1 saturated heterocycles. The zero-order valence-corrected chi connectivity index (χ0v) is 11.6.